The number of amides is 1. The number of carbonyl (C=O) groups is 1. The molecule has 1 amide bonds. The van der Waals surface area contributed by atoms with Crippen LogP contribution in [0, 0.1) is 0 Å². The van der Waals surface area contributed by atoms with Crippen molar-refractivity contribution < 1.29 is 14.6 Å². The Morgan fingerprint density at radius 3 is 2.57 bits per heavy atom. The van der Waals surface area contributed by atoms with Crippen molar-refractivity contribution in [3.05, 3.63) is 71.8 Å². The van der Waals surface area contributed by atoms with Gasteiger partial charge in [-0.15, -0.1) is 4.68 Å². The summed E-state index contributed by atoms with van der Waals surface area (Å²) in [5.41, 5.74) is 5.62. The van der Waals surface area contributed by atoms with Gasteiger partial charge in [0, 0.05) is 12.1 Å². The number of rotatable bonds is 6. The molecule has 0 saturated carbocycles. The van der Waals surface area contributed by atoms with Gasteiger partial charge in [0.05, 0.1) is 0 Å². The smallest absolute Gasteiger partial charge is 0.288 e. The third-order valence-corrected chi connectivity index (χ3v) is 5.01. The molecule has 4 aromatic rings. The van der Waals surface area contributed by atoms with Crippen molar-refractivity contribution in [3.63, 3.8) is 0 Å². The second-order valence-corrected chi connectivity index (χ2v) is 7.17. The number of unbranched alkanes of at least 4 members (excludes halogenated alkanes) is 1. The van der Waals surface area contributed by atoms with E-state index in [0.29, 0.717) is 17.7 Å². The van der Waals surface area contributed by atoms with E-state index < -0.39 is 0 Å². The lowest BCUT2D eigenvalue weighted by molar-refractivity contribution is -0.708. The monoisotopic (exact) mass is 401 g/mol. The molecule has 0 unspecified atom stereocenters. The van der Waals surface area contributed by atoms with E-state index in [4.69, 9.17) is 0 Å². The highest BCUT2D eigenvalue weighted by molar-refractivity contribution is 6.04. The van der Waals surface area contributed by atoms with Crippen LogP contribution >= 0.6 is 0 Å². The molecule has 0 aliphatic rings. The minimum Gasteiger partial charge on any atom is -0.858 e. The molecule has 0 spiro atoms. The maximum Gasteiger partial charge on any atom is 0.288 e. The summed E-state index contributed by atoms with van der Waals surface area (Å²) in [6.45, 7) is 2.62. The lowest BCUT2D eigenvalue weighted by Crippen LogP contribution is -2.34. The lowest BCUT2D eigenvalue weighted by atomic mass is 10.0. The van der Waals surface area contributed by atoms with Gasteiger partial charge < -0.3 is 10.1 Å². The minimum atomic E-state index is -0.263. The Labute approximate surface area is 174 Å². The highest BCUT2D eigenvalue weighted by Crippen LogP contribution is 2.18. The molecule has 0 saturated heterocycles. The number of hydrogen-bond donors (Lipinski definition) is 1. The van der Waals surface area contributed by atoms with E-state index in [9.17, 15) is 9.90 Å². The maximum atomic E-state index is 12.8. The highest BCUT2D eigenvalue weighted by Gasteiger charge is 2.18. The van der Waals surface area contributed by atoms with Crippen LogP contribution in [0.2, 0.25) is 0 Å². The second kappa shape index (κ2) is 8.32. The molecule has 4 rings (SSSR count). The summed E-state index contributed by atoms with van der Waals surface area (Å²) in [6.07, 6.45) is 1.91. The summed E-state index contributed by atoms with van der Waals surface area (Å²) >= 11 is 0. The fourth-order valence-electron chi connectivity index (χ4n) is 3.34. The van der Waals surface area contributed by atoms with Crippen molar-refractivity contribution in [2.24, 2.45) is 12.0 Å². The van der Waals surface area contributed by atoms with Gasteiger partial charge in [0.25, 0.3) is 5.91 Å². The molecule has 0 aliphatic heterocycles. The van der Waals surface area contributed by atoms with Crippen LogP contribution in [-0.2, 0) is 7.05 Å². The predicted octanol–water partition coefficient (Wildman–Crippen LogP) is 2.30. The largest absolute Gasteiger partial charge is 0.858 e. The van der Waals surface area contributed by atoms with Gasteiger partial charge in [-0.25, -0.2) is 0 Å². The predicted molar refractivity (Wildman–Crippen MR) is 115 cm³/mol. The molecule has 1 N–H and O–H groups in total. The Morgan fingerprint density at radius 1 is 1.10 bits per heavy atom. The summed E-state index contributed by atoms with van der Waals surface area (Å²) in [4.78, 5) is 18.4. The van der Waals surface area contributed by atoms with Gasteiger partial charge in [-0.1, -0.05) is 43.7 Å². The Kier molecular flexibility index (Phi) is 5.43. The Bertz CT molecular complexity index is 1260. The number of aliphatic imine (C=N–C) groups is 1. The molecule has 0 bridgehead atoms. The number of carbonyl (C=O) groups excluding carboxylic acids is 1. The van der Waals surface area contributed by atoms with Crippen LogP contribution in [-0.4, -0.2) is 28.4 Å². The van der Waals surface area contributed by atoms with E-state index in [0.717, 1.165) is 34.6 Å². The molecule has 0 atom stereocenters. The number of hydrogen-bond acceptors (Lipinski definition) is 4. The van der Waals surface area contributed by atoms with Crippen molar-refractivity contribution >= 4 is 33.6 Å². The van der Waals surface area contributed by atoms with Gasteiger partial charge in [0.15, 0.2) is 0 Å². The summed E-state index contributed by atoms with van der Waals surface area (Å²) in [5.74, 6) is -0.467. The molecule has 152 valence electrons. The van der Waals surface area contributed by atoms with E-state index in [-0.39, 0.29) is 11.8 Å². The van der Waals surface area contributed by atoms with E-state index in [1.54, 1.807) is 22.9 Å². The molecule has 1 aromatic heterocycles. The van der Waals surface area contributed by atoms with Gasteiger partial charge in [-0.2, -0.15) is 5.43 Å². The molecule has 1 heterocycles. The summed E-state index contributed by atoms with van der Waals surface area (Å²) in [7, 11) is 1.83. The van der Waals surface area contributed by atoms with Gasteiger partial charge >= 0.3 is 0 Å². The zero-order chi connectivity index (χ0) is 21.1. The normalized spacial score (nSPS) is 11.9. The molecule has 7 heteroatoms. The molecule has 30 heavy (non-hydrogen) atoms. The first-order chi connectivity index (χ1) is 14.6. The highest BCUT2D eigenvalue weighted by atomic mass is 16.3. The van der Waals surface area contributed by atoms with Crippen LogP contribution in [0.3, 0.4) is 0 Å². The first kappa shape index (κ1) is 19.6. The summed E-state index contributed by atoms with van der Waals surface area (Å²) in [6, 6.07) is 18.5. The first-order valence-electron chi connectivity index (χ1n) is 9.98. The molecule has 0 radical (unpaired) electrons. The zero-order valence-corrected chi connectivity index (χ0v) is 17.0. The van der Waals surface area contributed by atoms with Crippen LogP contribution in [0.4, 0.5) is 0 Å². The van der Waals surface area contributed by atoms with Crippen LogP contribution in [0.1, 0.15) is 35.7 Å². The fourth-order valence-corrected chi connectivity index (χ4v) is 3.34. The topological polar surface area (TPSA) is 86.2 Å². The van der Waals surface area contributed by atoms with Gasteiger partial charge in [-0.3, -0.25) is 4.79 Å². The third-order valence-electron chi connectivity index (χ3n) is 5.01. The van der Waals surface area contributed by atoms with E-state index in [2.05, 4.69) is 22.6 Å². The number of fused-ring (bicyclic) bond motifs is 2. The fraction of sp³-hybridized carbons (Fsp3) is 0.217. The van der Waals surface area contributed by atoms with Crippen molar-refractivity contribution in [1.82, 2.24) is 10.0 Å². The third kappa shape index (κ3) is 3.87. The number of benzene rings is 3. The molecule has 7 nitrogen and oxygen atoms in total. The number of aromatic nitrogens is 3. The number of nitrogens with zero attached hydrogens (tertiary/aromatic N) is 4. The molecule has 3 aromatic carbocycles. The molecular formula is C23H23N5O2. The van der Waals surface area contributed by atoms with Crippen molar-refractivity contribution in [2.45, 2.75) is 19.8 Å². The van der Waals surface area contributed by atoms with Crippen molar-refractivity contribution in [2.75, 3.05) is 12.0 Å². The van der Waals surface area contributed by atoms with Crippen molar-refractivity contribution in [3.8, 4) is 0 Å². The number of nitrogens with one attached hydrogen (secondary N) is 1. The molecule has 0 aliphatic carbocycles. The van der Waals surface area contributed by atoms with Gasteiger partial charge in [-0.05, 0) is 63.8 Å². The average molecular weight is 401 g/mol. The molecular weight excluding hydrogens is 378 g/mol. The van der Waals surface area contributed by atoms with Crippen LogP contribution in [0.25, 0.3) is 21.8 Å². The van der Waals surface area contributed by atoms with Gasteiger partial charge in [0.1, 0.15) is 12.3 Å². The van der Waals surface area contributed by atoms with Crippen LogP contribution < -0.4 is 15.2 Å². The standard InChI is InChI=1S/C23H23N5O2/c1-3-4-13-24-22(29)18-11-9-17-15-19(12-10-16(17)14-18)23(30)25-28-21-8-6-5-7-20(21)27(2)26-28/h5-12,14-15H,3-4,13H2,1-2H3,(H-,24,25,26,29,30). The second-order valence-electron chi connectivity index (χ2n) is 7.17. The van der Waals surface area contributed by atoms with Gasteiger partial charge in [0.2, 0.25) is 11.0 Å². The van der Waals surface area contributed by atoms with E-state index in [1.807, 2.05) is 49.5 Å². The Morgan fingerprint density at radius 2 is 1.80 bits per heavy atom. The SMILES string of the molecule is CCCCN=C([O-])c1ccc2cc(C(=O)Nn3n[n+](C)c4ccccc43)ccc2c1. The quantitative estimate of drug-likeness (QED) is 0.233. The van der Waals surface area contributed by atoms with Crippen LogP contribution in [0.5, 0.6) is 0 Å². The zero-order valence-electron chi connectivity index (χ0n) is 17.0. The number of para-hydroxylation sites is 2. The van der Waals surface area contributed by atoms with E-state index in [1.165, 1.54) is 4.79 Å². The first-order valence-corrected chi connectivity index (χ1v) is 9.98. The van der Waals surface area contributed by atoms with Crippen LogP contribution in [0.15, 0.2) is 65.7 Å². The average Bonchev–Trinajstić information content (AvgIpc) is 3.08. The Hall–Kier alpha value is -3.74. The summed E-state index contributed by atoms with van der Waals surface area (Å²) in [5, 5.41) is 18.3. The lowest BCUT2D eigenvalue weighted by Gasteiger charge is -2.12. The number of aryl methyl sites for hydroxylation is 1. The maximum absolute atomic E-state index is 12.8. The Balaban J connectivity index is 1.58. The summed E-state index contributed by atoms with van der Waals surface area (Å²) < 4.78 is 1.71. The molecule has 0 fully saturated rings. The van der Waals surface area contributed by atoms with E-state index >= 15 is 0 Å². The minimum absolute atomic E-state index is 0.203. The van der Waals surface area contributed by atoms with Crippen molar-refractivity contribution in [1.29, 1.82) is 0 Å².